The van der Waals surface area contributed by atoms with Crippen molar-refractivity contribution in [1.29, 1.82) is 0 Å². The summed E-state index contributed by atoms with van der Waals surface area (Å²) in [5, 5.41) is 0. The van der Waals surface area contributed by atoms with Crippen LogP contribution in [0.1, 0.15) is 101 Å². The Hall–Kier alpha value is 0.0243. The summed E-state index contributed by atoms with van der Waals surface area (Å²) < 4.78 is 0. The molecule has 1 aromatic rings. The fraction of sp³-hybridized carbons (Fsp3) is 0.696. The van der Waals surface area contributed by atoms with Gasteiger partial charge in [-0.05, 0) is 32.5 Å². The third-order valence-electron chi connectivity index (χ3n) is 5.50. The molecule has 1 nitrogen and oxygen atoms in total. The molecule has 0 aliphatic rings. The summed E-state index contributed by atoms with van der Waals surface area (Å²) in [6.07, 6.45) is 4.91. The minimum atomic E-state index is 0. The zero-order valence-corrected chi connectivity index (χ0v) is 20.4. The molecule has 145 valence electrons. The van der Waals surface area contributed by atoms with Gasteiger partial charge in [0.05, 0.1) is 0 Å². The van der Waals surface area contributed by atoms with Crippen LogP contribution >= 0.6 is 0 Å². The molecule has 3 atom stereocenters. The van der Waals surface area contributed by atoms with Gasteiger partial charge in [-0.3, -0.25) is 0 Å². The summed E-state index contributed by atoms with van der Waals surface area (Å²) in [4.78, 5) is 2.32. The van der Waals surface area contributed by atoms with Crippen LogP contribution in [0.3, 0.4) is 0 Å². The van der Waals surface area contributed by atoms with Crippen molar-refractivity contribution in [2.75, 3.05) is 20.6 Å². The van der Waals surface area contributed by atoms with Crippen LogP contribution in [0.5, 0.6) is 0 Å². The molecule has 0 fully saturated rings. The van der Waals surface area contributed by atoms with Crippen molar-refractivity contribution >= 4 is 0 Å². The van der Waals surface area contributed by atoms with Gasteiger partial charge in [0.1, 0.15) is 0 Å². The molecule has 0 bridgehead atoms. The van der Waals surface area contributed by atoms with Gasteiger partial charge in [-0.2, -0.15) is 16.7 Å². The minimum absolute atomic E-state index is 0. The van der Waals surface area contributed by atoms with Crippen molar-refractivity contribution in [2.24, 2.45) is 0 Å². The molecule has 0 saturated carbocycles. The van der Waals surface area contributed by atoms with Crippen molar-refractivity contribution in [3.05, 3.63) is 43.2 Å². The second-order valence-corrected chi connectivity index (χ2v) is 7.43. The fourth-order valence-corrected chi connectivity index (χ4v) is 3.35. The molecule has 0 spiro atoms. The zero-order chi connectivity index (χ0) is 16.9. The molecule has 1 radical (unpaired) electrons. The zero-order valence-electron chi connectivity index (χ0n) is 18.8. The van der Waals surface area contributed by atoms with Gasteiger partial charge in [0, 0.05) is 0 Å². The summed E-state index contributed by atoms with van der Waals surface area (Å²) >= 11 is 0. The molecule has 0 aliphatic carbocycles. The smallest absolute Gasteiger partial charge is 0.358 e. The Morgan fingerprint density at radius 2 is 1.36 bits per heavy atom. The van der Waals surface area contributed by atoms with Gasteiger partial charge < -0.3 is 19.8 Å². The molecule has 3 unspecified atom stereocenters. The first-order valence-electron chi connectivity index (χ1n) is 9.34. The normalized spacial score (nSPS) is 14.1. The van der Waals surface area contributed by atoms with Gasteiger partial charge in [-0.15, -0.1) is 5.56 Å². The van der Waals surface area contributed by atoms with E-state index in [-0.39, 0.29) is 36.6 Å². The molecule has 0 saturated heterocycles. The molecule has 0 amide bonds. The van der Waals surface area contributed by atoms with E-state index >= 15 is 0 Å². The molecule has 0 aromatic heterocycles. The van der Waals surface area contributed by atoms with E-state index in [0.717, 1.165) is 6.54 Å². The van der Waals surface area contributed by atoms with Crippen LogP contribution in [0.4, 0.5) is 0 Å². The Kier molecular flexibility index (Phi) is 16.8. The summed E-state index contributed by atoms with van der Waals surface area (Å²) in [5.41, 5.74) is 6.64. The first kappa shape index (κ1) is 29.8. The summed E-state index contributed by atoms with van der Waals surface area (Å²) in [5.74, 6) is 2.04. The molecular formula is C23H44NTi. The van der Waals surface area contributed by atoms with Gasteiger partial charge in [0.15, 0.2) is 0 Å². The Balaban J connectivity index is -0.00000161. The number of nitrogens with zero attached hydrogens (tertiary/aromatic N) is 1. The van der Waals surface area contributed by atoms with Crippen LogP contribution in [0.25, 0.3) is 0 Å². The Labute approximate surface area is 175 Å². The monoisotopic (exact) mass is 382 g/mol. The van der Waals surface area contributed by atoms with E-state index in [1.165, 1.54) is 25.7 Å². The number of hydrogen-bond acceptors (Lipinski definition) is 1. The maximum atomic E-state index is 2.56. The quantitative estimate of drug-likeness (QED) is 0.330. The van der Waals surface area contributed by atoms with Crippen LogP contribution in [0.15, 0.2) is 6.07 Å². The third-order valence-corrected chi connectivity index (χ3v) is 5.50. The molecule has 1 aromatic carbocycles. The average molecular weight is 382 g/mol. The Morgan fingerprint density at radius 3 is 1.76 bits per heavy atom. The van der Waals surface area contributed by atoms with E-state index in [9.17, 15) is 0 Å². The predicted octanol–water partition coefficient (Wildman–Crippen LogP) is 6.95. The first-order chi connectivity index (χ1) is 10.4. The number of likely N-dealkylation sites (N-methyl/N-ethyl adjacent to an activating group) is 1. The second-order valence-electron chi connectivity index (χ2n) is 7.43. The van der Waals surface area contributed by atoms with Crippen molar-refractivity contribution < 1.29 is 21.7 Å². The molecule has 0 aliphatic heterocycles. The van der Waals surface area contributed by atoms with Gasteiger partial charge in [0.2, 0.25) is 0 Å². The number of rotatable bonds is 9. The molecular weight excluding hydrogens is 338 g/mol. The van der Waals surface area contributed by atoms with E-state index in [0.29, 0.717) is 17.8 Å². The van der Waals surface area contributed by atoms with Crippen LogP contribution in [-0.4, -0.2) is 25.5 Å². The molecule has 0 N–H and O–H groups in total. The van der Waals surface area contributed by atoms with Crippen molar-refractivity contribution in [1.82, 2.24) is 4.90 Å². The maximum Gasteiger partial charge on any atom is 3.00 e. The standard InChI is InChI=1S/C21H38N.2CH3.Ti/c1-9-15(4)19-14-20(16(5)10-2)21(17(6)11-3)18(19)12-13-22(7)8;;;/h14-17H,9-13H2,1-8H3;2*1H3;/q3*-1;+3. The summed E-state index contributed by atoms with van der Waals surface area (Å²) in [7, 11) is 4.37. The van der Waals surface area contributed by atoms with Crippen LogP contribution in [-0.2, 0) is 28.1 Å². The van der Waals surface area contributed by atoms with Crippen molar-refractivity contribution in [3.63, 3.8) is 0 Å². The SMILES string of the molecule is CCC(C)c1cc(C(C)CC)[c-](CCN(C)C)c1C(C)CC.[CH3-].[CH3-].[Ti+3]. The third kappa shape index (κ3) is 7.65. The Bertz CT molecular complexity index is 447. The maximum absolute atomic E-state index is 2.56. The van der Waals surface area contributed by atoms with Gasteiger partial charge in [-0.1, -0.05) is 73.1 Å². The number of hydrogen-bond donors (Lipinski definition) is 0. The minimum Gasteiger partial charge on any atom is -0.358 e. The predicted molar refractivity (Wildman–Crippen MR) is 113 cm³/mol. The van der Waals surface area contributed by atoms with E-state index in [1.54, 1.807) is 22.3 Å². The van der Waals surface area contributed by atoms with Crippen molar-refractivity contribution in [3.8, 4) is 0 Å². The fourth-order valence-electron chi connectivity index (χ4n) is 3.35. The molecule has 0 heterocycles. The summed E-state index contributed by atoms with van der Waals surface area (Å²) in [6.45, 7) is 15.3. The molecule has 25 heavy (non-hydrogen) atoms. The van der Waals surface area contributed by atoms with Gasteiger partial charge >= 0.3 is 21.7 Å². The van der Waals surface area contributed by atoms with Crippen LogP contribution < -0.4 is 0 Å². The van der Waals surface area contributed by atoms with Crippen molar-refractivity contribution in [2.45, 2.75) is 85.0 Å². The second kappa shape index (κ2) is 14.1. The summed E-state index contributed by atoms with van der Waals surface area (Å²) in [6, 6.07) is 2.56. The molecule has 1 rings (SSSR count). The van der Waals surface area contributed by atoms with Gasteiger partial charge in [-0.25, -0.2) is 6.07 Å². The average Bonchev–Trinajstić information content (AvgIpc) is 2.89. The topological polar surface area (TPSA) is 3.24 Å². The first-order valence-corrected chi connectivity index (χ1v) is 9.34. The van der Waals surface area contributed by atoms with E-state index in [1.807, 2.05) is 0 Å². The van der Waals surface area contributed by atoms with Crippen LogP contribution in [0, 0.1) is 14.9 Å². The van der Waals surface area contributed by atoms with Gasteiger partial charge in [0.25, 0.3) is 0 Å². The Morgan fingerprint density at radius 1 is 0.880 bits per heavy atom. The largest absolute Gasteiger partial charge is 3.00 e. The van der Waals surface area contributed by atoms with E-state index in [4.69, 9.17) is 0 Å². The van der Waals surface area contributed by atoms with Crippen LogP contribution in [0.2, 0.25) is 0 Å². The van der Waals surface area contributed by atoms with E-state index < -0.39 is 0 Å². The molecule has 2 heteroatoms. The van der Waals surface area contributed by atoms with E-state index in [2.05, 4.69) is 66.6 Å².